The average molecular weight is 306 g/mol. The Balaban J connectivity index is 1.80. The predicted molar refractivity (Wildman–Crippen MR) is 88.5 cm³/mol. The molecule has 0 saturated heterocycles. The Kier molecular flexibility index (Phi) is 4.33. The van der Waals surface area contributed by atoms with Gasteiger partial charge in [-0.3, -0.25) is 14.6 Å². The maximum atomic E-state index is 12.5. The van der Waals surface area contributed by atoms with Gasteiger partial charge in [-0.1, -0.05) is 24.3 Å². The highest BCUT2D eigenvalue weighted by molar-refractivity contribution is 6.08. The largest absolute Gasteiger partial charge is 0.347 e. The van der Waals surface area contributed by atoms with Gasteiger partial charge in [0.1, 0.15) is 5.69 Å². The van der Waals surface area contributed by atoms with Gasteiger partial charge in [0.25, 0.3) is 0 Å². The standard InChI is InChI=1S/C19H18N2O2/c1-21-13-15(18(22)11-14-7-3-2-4-8-14)12-17(21)19(23)16-9-5-6-10-20-16/h3,5-10,12-13H,2,4,11H2,1H3. The molecule has 3 rings (SSSR count). The number of carbonyl (C=O) groups excluding carboxylic acids is 2. The van der Waals surface area contributed by atoms with Crippen LogP contribution in [0.2, 0.25) is 0 Å². The zero-order valence-electron chi connectivity index (χ0n) is 13.0. The summed E-state index contributed by atoms with van der Waals surface area (Å²) in [6, 6.07) is 6.88. The molecule has 0 bridgehead atoms. The lowest BCUT2D eigenvalue weighted by Gasteiger charge is -2.04. The Labute approximate surface area is 135 Å². The van der Waals surface area contributed by atoms with E-state index >= 15 is 0 Å². The molecule has 1 aliphatic rings. The molecule has 0 fully saturated rings. The van der Waals surface area contributed by atoms with Crippen LogP contribution in [0.25, 0.3) is 0 Å². The third-order valence-electron chi connectivity index (χ3n) is 3.89. The molecule has 0 unspecified atom stereocenters. The molecule has 116 valence electrons. The fourth-order valence-corrected chi connectivity index (χ4v) is 2.66. The van der Waals surface area contributed by atoms with Crippen LogP contribution in [0, 0.1) is 0 Å². The molecular formula is C19H18N2O2. The molecule has 0 amide bonds. The Morgan fingerprint density at radius 1 is 1.26 bits per heavy atom. The van der Waals surface area contributed by atoms with Crippen molar-refractivity contribution >= 4 is 11.6 Å². The number of aromatic nitrogens is 2. The second kappa shape index (κ2) is 6.57. The van der Waals surface area contributed by atoms with Gasteiger partial charge in [-0.15, -0.1) is 0 Å². The summed E-state index contributed by atoms with van der Waals surface area (Å²) in [5.74, 6) is -0.151. The lowest BCUT2D eigenvalue weighted by molar-refractivity contribution is 0.0993. The lowest BCUT2D eigenvalue weighted by atomic mass is 10.00. The first kappa shape index (κ1) is 15.2. The van der Waals surface area contributed by atoms with E-state index in [0.29, 0.717) is 23.4 Å². The van der Waals surface area contributed by atoms with Gasteiger partial charge >= 0.3 is 0 Å². The van der Waals surface area contributed by atoms with Crippen LogP contribution in [0.15, 0.2) is 60.5 Å². The van der Waals surface area contributed by atoms with Crippen LogP contribution in [-0.4, -0.2) is 21.1 Å². The molecule has 2 aromatic rings. The number of Topliss-reactive ketones (excluding diaryl/α,β-unsaturated/α-hetero) is 1. The Bertz CT molecular complexity index is 798. The first-order valence-electron chi connectivity index (χ1n) is 7.66. The molecule has 1 aliphatic carbocycles. The van der Waals surface area contributed by atoms with Gasteiger partial charge in [-0.2, -0.15) is 0 Å². The molecule has 23 heavy (non-hydrogen) atoms. The predicted octanol–water partition coefficient (Wildman–Crippen LogP) is 3.50. The van der Waals surface area contributed by atoms with Gasteiger partial charge in [-0.05, 0) is 36.6 Å². The highest BCUT2D eigenvalue weighted by Crippen LogP contribution is 2.18. The average Bonchev–Trinajstić information content (AvgIpc) is 2.98. The first-order chi connectivity index (χ1) is 11.1. The summed E-state index contributed by atoms with van der Waals surface area (Å²) in [5.41, 5.74) is 2.46. The van der Waals surface area contributed by atoms with Crippen LogP contribution in [-0.2, 0) is 7.05 Å². The number of nitrogens with zero attached hydrogens (tertiary/aromatic N) is 2. The molecule has 2 heterocycles. The van der Waals surface area contributed by atoms with Crippen molar-refractivity contribution < 1.29 is 9.59 Å². The van der Waals surface area contributed by atoms with Crippen molar-refractivity contribution in [1.82, 2.24) is 9.55 Å². The van der Waals surface area contributed by atoms with Crippen molar-refractivity contribution in [2.45, 2.75) is 19.3 Å². The molecular weight excluding hydrogens is 288 g/mol. The third kappa shape index (κ3) is 3.37. The van der Waals surface area contributed by atoms with E-state index in [1.54, 1.807) is 48.3 Å². The quantitative estimate of drug-likeness (QED) is 0.794. The van der Waals surface area contributed by atoms with E-state index in [1.807, 2.05) is 6.08 Å². The third-order valence-corrected chi connectivity index (χ3v) is 3.89. The van der Waals surface area contributed by atoms with Crippen molar-refractivity contribution in [2.75, 3.05) is 0 Å². The van der Waals surface area contributed by atoms with Crippen molar-refractivity contribution in [2.24, 2.45) is 7.05 Å². The number of pyridine rings is 1. The van der Waals surface area contributed by atoms with E-state index in [0.717, 1.165) is 18.4 Å². The number of carbonyl (C=O) groups is 2. The molecule has 0 radical (unpaired) electrons. The van der Waals surface area contributed by atoms with Crippen molar-refractivity contribution in [3.63, 3.8) is 0 Å². The van der Waals surface area contributed by atoms with E-state index < -0.39 is 0 Å². The van der Waals surface area contributed by atoms with E-state index in [-0.39, 0.29) is 11.6 Å². The van der Waals surface area contributed by atoms with Crippen molar-refractivity contribution in [3.8, 4) is 0 Å². The van der Waals surface area contributed by atoms with Crippen LogP contribution in [0.5, 0.6) is 0 Å². The summed E-state index contributed by atoms with van der Waals surface area (Å²) in [5, 5.41) is 0. The molecule has 2 aromatic heterocycles. The van der Waals surface area contributed by atoms with Gasteiger partial charge in [0.2, 0.25) is 5.78 Å². The normalized spacial score (nSPS) is 13.7. The second-order valence-corrected chi connectivity index (χ2v) is 5.63. The molecule has 0 saturated carbocycles. The molecule has 0 aliphatic heterocycles. The van der Waals surface area contributed by atoms with Crippen molar-refractivity contribution in [3.05, 3.63) is 77.4 Å². The van der Waals surface area contributed by atoms with E-state index in [2.05, 4.69) is 17.1 Å². The van der Waals surface area contributed by atoms with Crippen LogP contribution >= 0.6 is 0 Å². The summed E-state index contributed by atoms with van der Waals surface area (Å²) in [6.07, 6.45) is 11.9. The molecule has 0 atom stereocenters. The summed E-state index contributed by atoms with van der Waals surface area (Å²) < 4.78 is 1.69. The zero-order valence-corrected chi connectivity index (χ0v) is 13.0. The lowest BCUT2D eigenvalue weighted by Crippen LogP contribution is -2.08. The topological polar surface area (TPSA) is 52.0 Å². The van der Waals surface area contributed by atoms with Gasteiger partial charge in [-0.25, -0.2) is 0 Å². The zero-order chi connectivity index (χ0) is 16.2. The van der Waals surface area contributed by atoms with Gasteiger partial charge in [0, 0.05) is 31.4 Å². The molecule has 0 N–H and O–H groups in total. The van der Waals surface area contributed by atoms with Crippen LogP contribution in [0.3, 0.4) is 0 Å². The smallest absolute Gasteiger partial charge is 0.227 e. The van der Waals surface area contributed by atoms with Crippen LogP contribution < -0.4 is 0 Å². The van der Waals surface area contributed by atoms with Crippen LogP contribution in [0.4, 0.5) is 0 Å². The number of hydrogen-bond acceptors (Lipinski definition) is 3. The van der Waals surface area contributed by atoms with Gasteiger partial charge in [0.15, 0.2) is 5.78 Å². The van der Waals surface area contributed by atoms with E-state index in [1.165, 1.54) is 0 Å². The Hall–Kier alpha value is -2.75. The van der Waals surface area contributed by atoms with E-state index in [9.17, 15) is 9.59 Å². The number of rotatable bonds is 5. The summed E-state index contributed by atoms with van der Waals surface area (Å²) in [4.78, 5) is 29.0. The van der Waals surface area contributed by atoms with Crippen LogP contribution in [0.1, 0.15) is 45.8 Å². The van der Waals surface area contributed by atoms with Gasteiger partial charge < -0.3 is 4.57 Å². The Morgan fingerprint density at radius 3 is 2.83 bits per heavy atom. The van der Waals surface area contributed by atoms with Gasteiger partial charge in [0.05, 0.1) is 5.69 Å². The monoisotopic (exact) mass is 306 g/mol. The number of allylic oxidation sites excluding steroid dienone is 4. The highest BCUT2D eigenvalue weighted by atomic mass is 16.1. The minimum atomic E-state index is -0.177. The number of hydrogen-bond donors (Lipinski definition) is 0. The summed E-state index contributed by atoms with van der Waals surface area (Å²) >= 11 is 0. The fraction of sp³-hybridized carbons (Fsp3) is 0.211. The maximum absolute atomic E-state index is 12.5. The fourth-order valence-electron chi connectivity index (χ4n) is 2.66. The molecule has 4 nitrogen and oxygen atoms in total. The maximum Gasteiger partial charge on any atom is 0.227 e. The number of ketones is 2. The molecule has 0 spiro atoms. The SMILES string of the molecule is Cn1cc(C(=O)CC2=CCCC=C2)cc1C(=O)c1ccccn1. The molecule has 4 heteroatoms. The first-order valence-corrected chi connectivity index (χ1v) is 7.66. The second-order valence-electron chi connectivity index (χ2n) is 5.63. The number of aryl methyl sites for hydroxylation is 1. The van der Waals surface area contributed by atoms with E-state index in [4.69, 9.17) is 0 Å². The Morgan fingerprint density at radius 2 is 2.13 bits per heavy atom. The minimum absolute atomic E-state index is 0.0264. The molecule has 0 aromatic carbocycles. The summed E-state index contributed by atoms with van der Waals surface area (Å²) in [7, 11) is 1.77. The minimum Gasteiger partial charge on any atom is -0.347 e. The van der Waals surface area contributed by atoms with Crippen molar-refractivity contribution in [1.29, 1.82) is 0 Å². The highest BCUT2D eigenvalue weighted by Gasteiger charge is 2.18. The summed E-state index contributed by atoms with van der Waals surface area (Å²) in [6.45, 7) is 0.